The molecule has 0 bridgehead atoms. The van der Waals surface area contributed by atoms with Crippen LogP contribution in [0, 0.1) is 6.92 Å². The van der Waals surface area contributed by atoms with Crippen molar-refractivity contribution in [3.63, 3.8) is 0 Å². The summed E-state index contributed by atoms with van der Waals surface area (Å²) in [4.78, 5) is 22.9. The summed E-state index contributed by atoms with van der Waals surface area (Å²) in [6, 6.07) is 8.23. The zero-order valence-corrected chi connectivity index (χ0v) is 13.5. The van der Waals surface area contributed by atoms with E-state index < -0.39 is 11.5 Å². The van der Waals surface area contributed by atoms with Gasteiger partial charge in [0.25, 0.3) is 0 Å². The van der Waals surface area contributed by atoms with Gasteiger partial charge in [-0.1, -0.05) is 29.8 Å². The fourth-order valence-corrected chi connectivity index (χ4v) is 2.39. The average molecular weight is 307 g/mol. The highest BCUT2D eigenvalue weighted by molar-refractivity contribution is 5.78. The first kappa shape index (κ1) is 18.2. The normalized spacial score (nSPS) is 13.4. The second kappa shape index (κ2) is 8.54. The van der Waals surface area contributed by atoms with E-state index >= 15 is 0 Å². The number of aryl methyl sites for hydroxylation is 2. The Bertz CT molecular complexity index is 498. The van der Waals surface area contributed by atoms with Crippen molar-refractivity contribution >= 4 is 11.9 Å². The van der Waals surface area contributed by atoms with E-state index in [-0.39, 0.29) is 18.9 Å². The number of hydrogen-bond donors (Lipinski definition) is 2. The van der Waals surface area contributed by atoms with E-state index in [1.165, 1.54) is 18.2 Å². The Morgan fingerprint density at radius 2 is 1.91 bits per heavy atom. The smallest absolute Gasteiger partial charge is 0.305 e. The van der Waals surface area contributed by atoms with Crippen molar-refractivity contribution < 1.29 is 19.4 Å². The molecule has 0 fully saturated rings. The van der Waals surface area contributed by atoms with Gasteiger partial charge in [-0.3, -0.25) is 9.59 Å². The molecule has 5 heteroatoms. The van der Waals surface area contributed by atoms with Crippen LogP contribution in [0.1, 0.15) is 37.3 Å². The molecule has 1 atom stereocenters. The summed E-state index contributed by atoms with van der Waals surface area (Å²) >= 11 is 0. The summed E-state index contributed by atoms with van der Waals surface area (Å²) in [7, 11) is 1.49. The molecule has 1 aromatic rings. The van der Waals surface area contributed by atoms with Gasteiger partial charge in [0.2, 0.25) is 5.91 Å². The largest absolute Gasteiger partial charge is 0.481 e. The van der Waals surface area contributed by atoms with Gasteiger partial charge in [0.15, 0.2) is 0 Å². The van der Waals surface area contributed by atoms with Crippen molar-refractivity contribution in [2.45, 2.75) is 45.1 Å². The fourth-order valence-electron chi connectivity index (χ4n) is 2.39. The molecule has 1 rings (SSSR count). The first-order valence-corrected chi connectivity index (χ1v) is 7.42. The zero-order valence-electron chi connectivity index (χ0n) is 13.5. The predicted octanol–water partition coefficient (Wildman–Crippen LogP) is 2.31. The van der Waals surface area contributed by atoms with Crippen molar-refractivity contribution in [2.75, 3.05) is 13.7 Å². The number of methoxy groups -OCH3 is 1. The lowest BCUT2D eigenvalue weighted by Crippen LogP contribution is -2.50. The number of carboxylic acids is 1. The summed E-state index contributed by atoms with van der Waals surface area (Å²) in [5, 5.41) is 11.7. The number of ether oxygens (including phenoxy) is 1. The van der Waals surface area contributed by atoms with Crippen LogP contribution >= 0.6 is 0 Å². The third-order valence-electron chi connectivity index (χ3n) is 3.44. The molecule has 0 aromatic heterocycles. The van der Waals surface area contributed by atoms with Gasteiger partial charge in [0, 0.05) is 13.5 Å². The first-order chi connectivity index (χ1) is 10.3. The number of amides is 1. The van der Waals surface area contributed by atoms with Gasteiger partial charge in [0.1, 0.15) is 0 Å². The summed E-state index contributed by atoms with van der Waals surface area (Å²) in [5.74, 6) is -1.10. The van der Waals surface area contributed by atoms with Crippen LogP contribution in [-0.2, 0) is 20.7 Å². The second-order valence-electron chi connectivity index (χ2n) is 5.95. The van der Waals surface area contributed by atoms with Crippen LogP contribution in [0.15, 0.2) is 24.3 Å². The molecule has 0 spiro atoms. The molecule has 0 aliphatic heterocycles. The van der Waals surface area contributed by atoms with Crippen LogP contribution in [0.5, 0.6) is 0 Å². The molecule has 0 saturated carbocycles. The molecule has 0 radical (unpaired) electrons. The lowest BCUT2D eigenvalue weighted by atomic mass is 9.98. The molecule has 0 aliphatic rings. The van der Waals surface area contributed by atoms with Crippen LogP contribution in [0.2, 0.25) is 0 Å². The van der Waals surface area contributed by atoms with Crippen LogP contribution in [0.25, 0.3) is 0 Å². The quantitative estimate of drug-likeness (QED) is 0.734. The summed E-state index contributed by atoms with van der Waals surface area (Å²) in [5.41, 5.74) is 1.54. The fraction of sp³-hybridized carbons (Fsp3) is 0.529. The molecule has 5 nitrogen and oxygen atoms in total. The van der Waals surface area contributed by atoms with E-state index in [9.17, 15) is 9.59 Å². The summed E-state index contributed by atoms with van der Waals surface area (Å²) in [6.45, 7) is 3.89. The topological polar surface area (TPSA) is 75.6 Å². The SMILES string of the molecule is COCC(C)(CC(=O)O)NC(=O)CCCc1ccc(C)cc1. The molecule has 22 heavy (non-hydrogen) atoms. The van der Waals surface area contributed by atoms with Gasteiger partial charge in [0.05, 0.1) is 18.6 Å². The highest BCUT2D eigenvalue weighted by Crippen LogP contribution is 2.12. The minimum Gasteiger partial charge on any atom is -0.481 e. The monoisotopic (exact) mass is 307 g/mol. The van der Waals surface area contributed by atoms with Gasteiger partial charge in [-0.05, 0) is 32.3 Å². The predicted molar refractivity (Wildman–Crippen MR) is 84.8 cm³/mol. The van der Waals surface area contributed by atoms with Gasteiger partial charge in [-0.25, -0.2) is 0 Å². The lowest BCUT2D eigenvalue weighted by Gasteiger charge is -2.28. The summed E-state index contributed by atoms with van der Waals surface area (Å²) < 4.78 is 5.02. The molecular weight excluding hydrogens is 282 g/mol. The maximum atomic E-state index is 12.0. The highest BCUT2D eigenvalue weighted by Gasteiger charge is 2.29. The van der Waals surface area contributed by atoms with Crippen molar-refractivity contribution in [3.05, 3.63) is 35.4 Å². The maximum absolute atomic E-state index is 12.0. The van der Waals surface area contributed by atoms with Gasteiger partial charge >= 0.3 is 5.97 Å². The van der Waals surface area contributed by atoms with Crippen molar-refractivity contribution in [1.29, 1.82) is 0 Å². The number of carboxylic acid groups (broad SMARTS) is 1. The van der Waals surface area contributed by atoms with E-state index in [1.807, 2.05) is 6.92 Å². The Morgan fingerprint density at radius 3 is 2.45 bits per heavy atom. The minimum atomic E-state index is -0.959. The van der Waals surface area contributed by atoms with E-state index in [0.29, 0.717) is 6.42 Å². The highest BCUT2D eigenvalue weighted by atomic mass is 16.5. The van der Waals surface area contributed by atoms with Gasteiger partial charge < -0.3 is 15.2 Å². The number of nitrogens with one attached hydrogen (secondary N) is 1. The second-order valence-corrected chi connectivity index (χ2v) is 5.95. The molecule has 0 heterocycles. The van der Waals surface area contributed by atoms with E-state index in [0.717, 1.165) is 12.8 Å². The van der Waals surface area contributed by atoms with Crippen molar-refractivity contribution in [3.8, 4) is 0 Å². The Kier molecular flexibility index (Phi) is 7.05. The molecule has 1 aromatic carbocycles. The molecular formula is C17H25NO4. The number of benzene rings is 1. The third-order valence-corrected chi connectivity index (χ3v) is 3.44. The van der Waals surface area contributed by atoms with E-state index in [4.69, 9.17) is 9.84 Å². The first-order valence-electron chi connectivity index (χ1n) is 7.42. The van der Waals surface area contributed by atoms with E-state index in [1.54, 1.807) is 6.92 Å². The Hall–Kier alpha value is -1.88. The molecule has 1 unspecified atom stereocenters. The van der Waals surface area contributed by atoms with Crippen LogP contribution in [0.3, 0.4) is 0 Å². The Balaban J connectivity index is 2.43. The average Bonchev–Trinajstić information content (AvgIpc) is 2.39. The number of aliphatic carboxylic acids is 1. The van der Waals surface area contributed by atoms with Gasteiger partial charge in [-0.2, -0.15) is 0 Å². The Labute approximate surface area is 131 Å². The number of hydrogen-bond acceptors (Lipinski definition) is 3. The maximum Gasteiger partial charge on any atom is 0.305 e. The van der Waals surface area contributed by atoms with Crippen molar-refractivity contribution in [2.24, 2.45) is 0 Å². The van der Waals surface area contributed by atoms with Crippen LogP contribution < -0.4 is 5.32 Å². The summed E-state index contributed by atoms with van der Waals surface area (Å²) in [6.07, 6.45) is 1.76. The lowest BCUT2D eigenvalue weighted by molar-refractivity contribution is -0.139. The molecule has 2 N–H and O–H groups in total. The molecule has 0 aliphatic carbocycles. The molecule has 1 amide bonds. The van der Waals surface area contributed by atoms with Crippen molar-refractivity contribution in [1.82, 2.24) is 5.32 Å². The minimum absolute atomic E-state index is 0.145. The van der Waals surface area contributed by atoms with Crippen LogP contribution in [-0.4, -0.2) is 36.2 Å². The Morgan fingerprint density at radius 1 is 1.27 bits per heavy atom. The third kappa shape index (κ3) is 6.72. The number of carbonyl (C=O) groups excluding carboxylic acids is 1. The number of carbonyl (C=O) groups is 2. The van der Waals surface area contributed by atoms with E-state index in [2.05, 4.69) is 29.6 Å². The van der Waals surface area contributed by atoms with Crippen LogP contribution in [0.4, 0.5) is 0 Å². The van der Waals surface area contributed by atoms with Gasteiger partial charge in [-0.15, -0.1) is 0 Å². The standard InChI is InChI=1S/C17H25NO4/c1-13-7-9-14(10-8-13)5-4-6-15(19)18-17(2,12-22-3)11-16(20)21/h7-10H,4-6,11-12H2,1-3H3,(H,18,19)(H,20,21). The zero-order chi connectivity index (χ0) is 16.6. The molecule has 0 saturated heterocycles. The molecule has 122 valence electrons. The number of rotatable bonds is 9.